The normalized spacial score (nSPS) is 23.5. The van der Waals surface area contributed by atoms with Crippen LogP contribution in [-0.2, 0) is 22.6 Å². The summed E-state index contributed by atoms with van der Waals surface area (Å²) in [6.45, 7) is 12.4. The van der Waals surface area contributed by atoms with Gasteiger partial charge in [-0.05, 0) is 54.0 Å². The number of likely N-dealkylation sites (tertiary alicyclic amines) is 1. The summed E-state index contributed by atoms with van der Waals surface area (Å²) in [5.74, 6) is -0.116. The summed E-state index contributed by atoms with van der Waals surface area (Å²) >= 11 is 0. The molecule has 1 aromatic rings. The van der Waals surface area contributed by atoms with Crippen molar-refractivity contribution in [2.75, 3.05) is 6.54 Å². The van der Waals surface area contributed by atoms with Crippen LogP contribution in [0.4, 0.5) is 0 Å². The van der Waals surface area contributed by atoms with Crippen LogP contribution in [0.15, 0.2) is 12.5 Å². The second-order valence-electron chi connectivity index (χ2n) is 6.97. The van der Waals surface area contributed by atoms with Gasteiger partial charge in [0, 0.05) is 19.3 Å². The van der Waals surface area contributed by atoms with Crippen LogP contribution in [-0.4, -0.2) is 38.1 Å². The fourth-order valence-corrected chi connectivity index (χ4v) is 2.85. The smallest absolute Gasteiger partial charge is 0.326 e. The van der Waals surface area contributed by atoms with Gasteiger partial charge in [0.05, 0.1) is 12.0 Å². The maximum absolute atomic E-state index is 12.6. The molecule has 1 fully saturated rings. The minimum atomic E-state index is -0.532. The lowest BCUT2D eigenvalue weighted by molar-refractivity contribution is -0.167. The second kappa shape index (κ2) is 5.79. The summed E-state index contributed by atoms with van der Waals surface area (Å²) < 4.78 is 7.75. The van der Waals surface area contributed by atoms with Crippen LogP contribution in [0.2, 0.25) is 0 Å². The molecular formula is C16H27N3O2. The van der Waals surface area contributed by atoms with Gasteiger partial charge in [0.15, 0.2) is 0 Å². The number of rotatable bonds is 4. The fraction of sp³-hybridized carbons (Fsp3) is 0.750. The molecule has 0 spiro atoms. The highest BCUT2D eigenvalue weighted by atomic mass is 16.6. The van der Waals surface area contributed by atoms with E-state index in [4.69, 9.17) is 4.74 Å². The Bertz CT molecular complexity index is 504. The molecule has 2 rings (SSSR count). The molecular weight excluding hydrogens is 266 g/mol. The standard InChI is InChI=1S/C16H27N3O2/c1-6-18-12-17-10-13(18)11-19-9-7-8-16(19,5)14(20)21-15(2,3)4/h10,12H,6-9,11H2,1-5H3/t16-/m1/s1. The van der Waals surface area contributed by atoms with Gasteiger partial charge in [-0.15, -0.1) is 0 Å². The van der Waals surface area contributed by atoms with Crippen LogP contribution in [0.3, 0.4) is 0 Å². The molecule has 5 heteroatoms. The van der Waals surface area contributed by atoms with Gasteiger partial charge in [-0.1, -0.05) is 0 Å². The molecule has 0 bridgehead atoms. The van der Waals surface area contributed by atoms with Crippen LogP contribution in [0.25, 0.3) is 0 Å². The molecule has 118 valence electrons. The summed E-state index contributed by atoms with van der Waals surface area (Å²) in [7, 11) is 0. The number of hydrogen-bond acceptors (Lipinski definition) is 4. The zero-order valence-corrected chi connectivity index (χ0v) is 13.8. The Morgan fingerprint density at radius 2 is 2.19 bits per heavy atom. The third-order valence-electron chi connectivity index (χ3n) is 4.12. The van der Waals surface area contributed by atoms with Crippen molar-refractivity contribution in [1.82, 2.24) is 14.5 Å². The number of aromatic nitrogens is 2. The highest BCUT2D eigenvalue weighted by Gasteiger charge is 2.45. The molecule has 5 nitrogen and oxygen atoms in total. The number of carbonyl (C=O) groups is 1. The molecule has 2 heterocycles. The van der Waals surface area contributed by atoms with Crippen molar-refractivity contribution >= 4 is 5.97 Å². The quantitative estimate of drug-likeness (QED) is 0.801. The van der Waals surface area contributed by atoms with Crippen LogP contribution in [0.5, 0.6) is 0 Å². The predicted molar refractivity (Wildman–Crippen MR) is 81.8 cm³/mol. The first-order chi connectivity index (χ1) is 9.76. The Morgan fingerprint density at radius 1 is 1.48 bits per heavy atom. The van der Waals surface area contributed by atoms with Crippen molar-refractivity contribution in [3.63, 3.8) is 0 Å². The highest BCUT2D eigenvalue weighted by Crippen LogP contribution is 2.33. The monoisotopic (exact) mass is 293 g/mol. The first-order valence-corrected chi connectivity index (χ1v) is 7.74. The van der Waals surface area contributed by atoms with E-state index in [1.165, 1.54) is 0 Å². The van der Waals surface area contributed by atoms with Gasteiger partial charge in [0.1, 0.15) is 11.1 Å². The molecule has 0 aromatic carbocycles. The molecule has 0 N–H and O–H groups in total. The Hall–Kier alpha value is -1.36. The highest BCUT2D eigenvalue weighted by molar-refractivity contribution is 5.81. The van der Waals surface area contributed by atoms with Crippen molar-refractivity contribution in [1.29, 1.82) is 0 Å². The van der Waals surface area contributed by atoms with E-state index in [2.05, 4.69) is 21.4 Å². The van der Waals surface area contributed by atoms with Gasteiger partial charge in [-0.2, -0.15) is 0 Å². The van der Waals surface area contributed by atoms with Gasteiger partial charge in [0.25, 0.3) is 0 Å². The topological polar surface area (TPSA) is 47.4 Å². The lowest BCUT2D eigenvalue weighted by Gasteiger charge is -2.35. The Labute approximate surface area is 127 Å². The zero-order chi connectivity index (χ0) is 15.7. The molecule has 0 amide bonds. The SMILES string of the molecule is CCn1cncc1CN1CCC[C@]1(C)C(=O)OC(C)(C)C. The van der Waals surface area contributed by atoms with E-state index in [9.17, 15) is 4.79 Å². The van der Waals surface area contributed by atoms with Crippen molar-refractivity contribution < 1.29 is 9.53 Å². The number of aryl methyl sites for hydroxylation is 1. The van der Waals surface area contributed by atoms with E-state index in [0.717, 1.165) is 38.2 Å². The van der Waals surface area contributed by atoms with Crippen LogP contribution >= 0.6 is 0 Å². The lowest BCUT2D eigenvalue weighted by atomic mass is 9.98. The number of carbonyl (C=O) groups excluding carboxylic acids is 1. The molecule has 0 unspecified atom stereocenters. The third-order valence-corrected chi connectivity index (χ3v) is 4.12. The van der Waals surface area contributed by atoms with E-state index < -0.39 is 11.1 Å². The van der Waals surface area contributed by atoms with Crippen LogP contribution in [0, 0.1) is 0 Å². The maximum atomic E-state index is 12.6. The Kier molecular flexibility index (Phi) is 4.42. The van der Waals surface area contributed by atoms with E-state index in [-0.39, 0.29) is 5.97 Å². The summed E-state index contributed by atoms with van der Waals surface area (Å²) in [6, 6.07) is 0. The molecule has 0 radical (unpaired) electrons. The zero-order valence-electron chi connectivity index (χ0n) is 13.8. The first kappa shape index (κ1) is 16.0. The van der Waals surface area contributed by atoms with Gasteiger partial charge in [0.2, 0.25) is 0 Å². The summed E-state index contributed by atoms with van der Waals surface area (Å²) in [6.07, 6.45) is 5.60. The molecule has 1 aliphatic heterocycles. The molecule has 0 saturated carbocycles. The lowest BCUT2D eigenvalue weighted by Crippen LogP contribution is -2.50. The van der Waals surface area contributed by atoms with E-state index >= 15 is 0 Å². The average molecular weight is 293 g/mol. The minimum absolute atomic E-state index is 0.116. The van der Waals surface area contributed by atoms with Gasteiger partial charge in [-0.25, -0.2) is 4.98 Å². The van der Waals surface area contributed by atoms with Gasteiger partial charge in [-0.3, -0.25) is 9.69 Å². The molecule has 21 heavy (non-hydrogen) atoms. The Morgan fingerprint density at radius 3 is 2.81 bits per heavy atom. The number of esters is 1. The summed E-state index contributed by atoms with van der Waals surface area (Å²) in [4.78, 5) is 19.0. The predicted octanol–water partition coefficient (Wildman–Crippen LogP) is 2.60. The van der Waals surface area contributed by atoms with Crippen LogP contribution in [0.1, 0.15) is 53.2 Å². The largest absolute Gasteiger partial charge is 0.459 e. The Balaban J connectivity index is 2.14. The summed E-state index contributed by atoms with van der Waals surface area (Å²) in [5.41, 5.74) is 0.171. The van der Waals surface area contributed by atoms with Gasteiger partial charge >= 0.3 is 5.97 Å². The van der Waals surface area contributed by atoms with Crippen LogP contribution < -0.4 is 0 Å². The van der Waals surface area contributed by atoms with E-state index in [1.807, 2.05) is 40.2 Å². The number of imidazole rings is 1. The fourth-order valence-electron chi connectivity index (χ4n) is 2.85. The molecule has 1 aliphatic rings. The van der Waals surface area contributed by atoms with Gasteiger partial charge < -0.3 is 9.30 Å². The molecule has 0 aliphatic carbocycles. The number of ether oxygens (including phenoxy) is 1. The van der Waals surface area contributed by atoms with Crippen molar-refractivity contribution in [2.45, 2.75) is 71.7 Å². The van der Waals surface area contributed by atoms with E-state index in [1.54, 1.807) is 0 Å². The van der Waals surface area contributed by atoms with Crippen molar-refractivity contribution in [3.8, 4) is 0 Å². The van der Waals surface area contributed by atoms with Crippen molar-refractivity contribution in [2.24, 2.45) is 0 Å². The minimum Gasteiger partial charge on any atom is -0.459 e. The first-order valence-electron chi connectivity index (χ1n) is 7.74. The molecule has 1 atom stereocenters. The molecule has 1 saturated heterocycles. The number of nitrogens with zero attached hydrogens (tertiary/aromatic N) is 3. The van der Waals surface area contributed by atoms with E-state index in [0.29, 0.717) is 0 Å². The van der Waals surface area contributed by atoms with Crippen molar-refractivity contribution in [3.05, 3.63) is 18.2 Å². The second-order valence-corrected chi connectivity index (χ2v) is 6.97. The molecule has 1 aromatic heterocycles. The average Bonchev–Trinajstić information content (AvgIpc) is 2.96. The third kappa shape index (κ3) is 3.46. The maximum Gasteiger partial charge on any atom is 0.326 e. The number of hydrogen-bond donors (Lipinski definition) is 0. The summed E-state index contributed by atoms with van der Waals surface area (Å²) in [5, 5.41) is 0.